The van der Waals surface area contributed by atoms with Crippen LogP contribution in [0.15, 0.2) is 0 Å². The molecule has 5 nitrogen and oxygen atoms in total. The van der Waals surface area contributed by atoms with Crippen LogP contribution in [0.25, 0.3) is 0 Å². The highest BCUT2D eigenvalue weighted by Gasteiger charge is 2.39. The molecule has 6 heteroatoms. The van der Waals surface area contributed by atoms with Gasteiger partial charge in [-0.25, -0.2) is 4.72 Å². The van der Waals surface area contributed by atoms with Gasteiger partial charge in [-0.15, -0.1) is 0 Å². The van der Waals surface area contributed by atoms with Gasteiger partial charge >= 0.3 is 0 Å². The van der Waals surface area contributed by atoms with Crippen LogP contribution in [0.3, 0.4) is 0 Å². The fourth-order valence-corrected chi connectivity index (χ4v) is 3.62. The lowest BCUT2D eigenvalue weighted by Crippen LogP contribution is -2.57. The summed E-state index contributed by atoms with van der Waals surface area (Å²) in [6.45, 7) is 0.992. The zero-order valence-corrected chi connectivity index (χ0v) is 9.79. The van der Waals surface area contributed by atoms with Crippen LogP contribution in [0.2, 0.25) is 0 Å². The molecule has 1 aliphatic carbocycles. The van der Waals surface area contributed by atoms with Gasteiger partial charge in [-0.3, -0.25) is 0 Å². The Morgan fingerprint density at radius 1 is 1.33 bits per heavy atom. The average molecular weight is 234 g/mol. The third-order valence-corrected chi connectivity index (χ3v) is 4.83. The van der Waals surface area contributed by atoms with Gasteiger partial charge in [0.25, 0.3) is 10.2 Å². The van der Waals surface area contributed by atoms with Crippen LogP contribution in [0.5, 0.6) is 0 Å². The summed E-state index contributed by atoms with van der Waals surface area (Å²) < 4.78 is 33.1. The average Bonchev–Trinajstić information content (AvgIpc) is 2.28. The summed E-state index contributed by atoms with van der Waals surface area (Å²) >= 11 is 0. The van der Waals surface area contributed by atoms with E-state index in [9.17, 15) is 8.42 Å². The van der Waals surface area contributed by atoms with E-state index < -0.39 is 10.2 Å². The molecule has 0 aromatic heterocycles. The third-order valence-electron chi connectivity index (χ3n) is 3.25. The van der Waals surface area contributed by atoms with Gasteiger partial charge in [0.2, 0.25) is 0 Å². The molecule has 2 rings (SSSR count). The van der Waals surface area contributed by atoms with E-state index in [2.05, 4.69) is 4.72 Å². The molecular formula is C9H18N2O3S. The van der Waals surface area contributed by atoms with E-state index in [1.54, 1.807) is 4.31 Å². The summed E-state index contributed by atoms with van der Waals surface area (Å²) in [6, 6.07) is 0.0462. The van der Waals surface area contributed by atoms with E-state index in [0.717, 1.165) is 25.7 Å². The van der Waals surface area contributed by atoms with Gasteiger partial charge in [-0.2, -0.15) is 12.7 Å². The molecule has 2 fully saturated rings. The smallest absolute Gasteiger partial charge is 0.279 e. The monoisotopic (exact) mass is 234 g/mol. The Morgan fingerprint density at radius 2 is 2.07 bits per heavy atom. The molecule has 1 N–H and O–H groups in total. The van der Waals surface area contributed by atoms with E-state index in [1.807, 2.05) is 0 Å². The molecule has 2 aliphatic rings. The molecule has 1 saturated carbocycles. The van der Waals surface area contributed by atoms with E-state index >= 15 is 0 Å². The van der Waals surface area contributed by atoms with Crippen LogP contribution in [-0.2, 0) is 14.9 Å². The molecule has 0 radical (unpaired) electrons. The number of nitrogens with zero attached hydrogens (tertiary/aromatic N) is 1. The topological polar surface area (TPSA) is 58.6 Å². The number of nitrogens with one attached hydrogen (secondary N) is 1. The summed E-state index contributed by atoms with van der Waals surface area (Å²) in [5, 5.41) is 0. The Hall–Kier alpha value is -0.170. The summed E-state index contributed by atoms with van der Waals surface area (Å²) in [7, 11) is -1.83. The van der Waals surface area contributed by atoms with Gasteiger partial charge in [0.05, 0.1) is 18.8 Å². The maximum atomic E-state index is 11.8. The van der Waals surface area contributed by atoms with Crippen LogP contribution in [0.4, 0.5) is 0 Å². The molecular weight excluding hydrogens is 216 g/mol. The first-order valence-electron chi connectivity index (χ1n) is 5.47. The minimum atomic E-state index is -3.29. The lowest BCUT2D eigenvalue weighted by molar-refractivity contribution is -0.0589. The van der Waals surface area contributed by atoms with Crippen LogP contribution in [-0.4, -0.2) is 45.1 Å². The van der Waals surface area contributed by atoms with Crippen molar-refractivity contribution in [2.75, 3.05) is 20.2 Å². The standard InChI is InChI=1S/C9H18N2O3S/c1-10-15(12,13)11-6-7-14-9-5-3-2-4-8(9)11/h8-10H,2-7H2,1H3. The first-order chi connectivity index (χ1) is 7.15. The van der Waals surface area contributed by atoms with Crippen LogP contribution in [0, 0.1) is 0 Å². The highest BCUT2D eigenvalue weighted by Crippen LogP contribution is 2.29. The van der Waals surface area contributed by atoms with Crippen molar-refractivity contribution >= 4 is 10.2 Å². The van der Waals surface area contributed by atoms with Crippen molar-refractivity contribution in [3.8, 4) is 0 Å². The summed E-state index contributed by atoms with van der Waals surface area (Å²) in [5.41, 5.74) is 0. The van der Waals surface area contributed by atoms with Crippen LogP contribution in [0.1, 0.15) is 25.7 Å². The number of morpholine rings is 1. The van der Waals surface area contributed by atoms with Gasteiger partial charge in [0.1, 0.15) is 0 Å². The van der Waals surface area contributed by atoms with E-state index in [-0.39, 0.29) is 12.1 Å². The van der Waals surface area contributed by atoms with Crippen molar-refractivity contribution < 1.29 is 13.2 Å². The normalized spacial score (nSPS) is 33.7. The SMILES string of the molecule is CNS(=O)(=O)N1CCOC2CCCCC21. The first kappa shape index (κ1) is 11.3. The molecule has 1 heterocycles. The number of rotatable bonds is 2. The van der Waals surface area contributed by atoms with Crippen molar-refractivity contribution in [1.29, 1.82) is 0 Å². The summed E-state index contributed by atoms with van der Waals surface area (Å²) in [5.74, 6) is 0. The van der Waals surface area contributed by atoms with Gasteiger partial charge in [0.15, 0.2) is 0 Å². The fourth-order valence-electron chi connectivity index (χ4n) is 2.48. The minimum absolute atomic E-state index is 0.0462. The van der Waals surface area contributed by atoms with Gasteiger partial charge in [0, 0.05) is 13.6 Å². The first-order valence-corrected chi connectivity index (χ1v) is 6.91. The Labute approximate surface area is 91.0 Å². The van der Waals surface area contributed by atoms with Gasteiger partial charge < -0.3 is 4.74 Å². The van der Waals surface area contributed by atoms with Gasteiger partial charge in [-0.1, -0.05) is 12.8 Å². The summed E-state index contributed by atoms with van der Waals surface area (Å²) in [4.78, 5) is 0. The van der Waals surface area contributed by atoms with Gasteiger partial charge in [-0.05, 0) is 12.8 Å². The highest BCUT2D eigenvalue weighted by atomic mass is 32.2. The number of hydrogen-bond acceptors (Lipinski definition) is 3. The molecule has 15 heavy (non-hydrogen) atoms. The maximum Gasteiger partial charge on any atom is 0.279 e. The zero-order valence-electron chi connectivity index (χ0n) is 8.98. The zero-order chi connectivity index (χ0) is 10.9. The molecule has 0 bridgehead atoms. The Balaban J connectivity index is 2.17. The predicted octanol–water partition coefficient (Wildman–Crippen LogP) is 0.0940. The summed E-state index contributed by atoms with van der Waals surface area (Å²) in [6.07, 6.45) is 4.26. The molecule has 0 amide bonds. The number of hydrogen-bond donors (Lipinski definition) is 1. The Morgan fingerprint density at radius 3 is 2.80 bits per heavy atom. The molecule has 2 unspecified atom stereocenters. The molecule has 0 spiro atoms. The van der Waals surface area contributed by atoms with Crippen molar-refractivity contribution in [2.24, 2.45) is 0 Å². The molecule has 2 atom stereocenters. The van der Waals surface area contributed by atoms with Crippen molar-refractivity contribution in [1.82, 2.24) is 9.03 Å². The maximum absolute atomic E-state index is 11.8. The second-order valence-corrected chi connectivity index (χ2v) is 5.91. The lowest BCUT2D eigenvalue weighted by Gasteiger charge is -2.42. The lowest BCUT2D eigenvalue weighted by atomic mass is 9.91. The van der Waals surface area contributed by atoms with Crippen molar-refractivity contribution in [3.05, 3.63) is 0 Å². The van der Waals surface area contributed by atoms with Crippen molar-refractivity contribution in [3.63, 3.8) is 0 Å². The predicted molar refractivity (Wildman–Crippen MR) is 56.7 cm³/mol. The van der Waals surface area contributed by atoms with Crippen molar-refractivity contribution in [2.45, 2.75) is 37.8 Å². The second-order valence-electron chi connectivity index (χ2n) is 4.08. The second kappa shape index (κ2) is 4.37. The molecule has 1 saturated heterocycles. The minimum Gasteiger partial charge on any atom is -0.375 e. The Bertz CT molecular complexity index is 315. The number of ether oxygens (including phenoxy) is 1. The van der Waals surface area contributed by atoms with E-state index in [4.69, 9.17) is 4.74 Å². The highest BCUT2D eigenvalue weighted by molar-refractivity contribution is 7.87. The van der Waals surface area contributed by atoms with Crippen LogP contribution >= 0.6 is 0 Å². The van der Waals surface area contributed by atoms with E-state index in [1.165, 1.54) is 7.05 Å². The third kappa shape index (κ3) is 2.18. The Kier molecular flexibility index (Phi) is 3.30. The number of fused-ring (bicyclic) bond motifs is 1. The molecule has 0 aromatic rings. The quantitative estimate of drug-likeness (QED) is 0.737. The molecule has 88 valence electrons. The molecule has 1 aliphatic heterocycles. The fraction of sp³-hybridized carbons (Fsp3) is 1.00. The van der Waals surface area contributed by atoms with Crippen LogP contribution < -0.4 is 4.72 Å². The van der Waals surface area contributed by atoms with E-state index in [0.29, 0.717) is 13.2 Å². The molecule has 0 aromatic carbocycles. The largest absolute Gasteiger partial charge is 0.375 e.